The number of hydrogen-bond acceptors (Lipinski definition) is 7. The number of aliphatic hydroxyl groups is 1. The molecule has 168 valence electrons. The predicted molar refractivity (Wildman–Crippen MR) is 114 cm³/mol. The number of esters is 1. The van der Waals surface area contributed by atoms with Crippen LogP contribution in [0.25, 0.3) is 0 Å². The lowest BCUT2D eigenvalue weighted by molar-refractivity contribution is -0.145. The highest BCUT2D eigenvalue weighted by molar-refractivity contribution is 5.85. The fourth-order valence-electron chi connectivity index (χ4n) is 2.85. The average molecular weight is 439 g/mol. The summed E-state index contributed by atoms with van der Waals surface area (Å²) in [6.45, 7) is -0.120. The molecule has 2 rings (SSSR count). The van der Waals surface area contributed by atoms with Crippen molar-refractivity contribution >= 4 is 18.0 Å². The van der Waals surface area contributed by atoms with Gasteiger partial charge in [-0.15, -0.1) is 0 Å². The minimum atomic E-state index is -1.18. The van der Waals surface area contributed by atoms with Crippen molar-refractivity contribution in [1.82, 2.24) is 10.6 Å². The first-order chi connectivity index (χ1) is 15.4. The molecule has 32 heavy (non-hydrogen) atoms. The highest BCUT2D eigenvalue weighted by Crippen LogP contribution is 2.09. The molecule has 0 heterocycles. The Morgan fingerprint density at radius 2 is 1.81 bits per heavy atom. The molecule has 2 atom stereocenters. The van der Waals surface area contributed by atoms with Gasteiger partial charge in [0.15, 0.2) is 0 Å². The molecule has 0 saturated heterocycles. The van der Waals surface area contributed by atoms with Crippen LogP contribution in [0.1, 0.15) is 23.1 Å². The number of nitriles is 1. The third-order valence-corrected chi connectivity index (χ3v) is 4.43. The van der Waals surface area contributed by atoms with E-state index in [0.717, 1.165) is 5.56 Å². The molecule has 0 aliphatic carbocycles. The second kappa shape index (κ2) is 12.7. The number of carbonyl (C=O) groups excluding carboxylic acids is 3. The van der Waals surface area contributed by atoms with Gasteiger partial charge in [-0.05, 0) is 23.3 Å². The van der Waals surface area contributed by atoms with Crippen molar-refractivity contribution < 1.29 is 29.0 Å². The number of amides is 2. The van der Waals surface area contributed by atoms with Crippen molar-refractivity contribution in [2.24, 2.45) is 0 Å². The second-order valence-electron chi connectivity index (χ2n) is 6.96. The predicted octanol–water partition coefficient (Wildman–Crippen LogP) is 1.44. The molecule has 0 saturated carbocycles. The lowest BCUT2D eigenvalue weighted by atomic mass is 10.0. The molecular formula is C23H25N3O6. The lowest BCUT2D eigenvalue weighted by Gasteiger charge is -2.18. The highest BCUT2D eigenvalue weighted by Gasteiger charge is 2.23. The van der Waals surface area contributed by atoms with Crippen LogP contribution >= 0.6 is 0 Å². The zero-order chi connectivity index (χ0) is 23.3. The molecule has 9 nitrogen and oxygen atoms in total. The van der Waals surface area contributed by atoms with Crippen molar-refractivity contribution in [3.8, 4) is 6.07 Å². The summed E-state index contributed by atoms with van der Waals surface area (Å²) in [4.78, 5) is 36.1. The van der Waals surface area contributed by atoms with Crippen LogP contribution in [-0.4, -0.2) is 48.9 Å². The number of nitrogens with one attached hydrogen (secondary N) is 2. The maximum atomic E-state index is 12.3. The van der Waals surface area contributed by atoms with Gasteiger partial charge in [0.1, 0.15) is 12.6 Å². The van der Waals surface area contributed by atoms with E-state index in [4.69, 9.17) is 14.7 Å². The van der Waals surface area contributed by atoms with Crippen molar-refractivity contribution in [2.75, 3.05) is 13.7 Å². The van der Waals surface area contributed by atoms with Crippen molar-refractivity contribution in [1.29, 1.82) is 5.26 Å². The number of alkyl carbamates (subject to hydrolysis) is 1. The van der Waals surface area contributed by atoms with Crippen LogP contribution in [0, 0.1) is 11.3 Å². The van der Waals surface area contributed by atoms with Gasteiger partial charge in [0.05, 0.1) is 31.3 Å². The van der Waals surface area contributed by atoms with Gasteiger partial charge in [0.2, 0.25) is 5.91 Å². The molecule has 0 bridgehead atoms. The first kappa shape index (κ1) is 24.4. The molecule has 9 heteroatoms. The molecule has 0 aliphatic heterocycles. The van der Waals surface area contributed by atoms with E-state index in [-0.39, 0.29) is 26.0 Å². The quantitative estimate of drug-likeness (QED) is 0.476. The van der Waals surface area contributed by atoms with Crippen molar-refractivity contribution in [3.63, 3.8) is 0 Å². The lowest BCUT2D eigenvalue weighted by Crippen LogP contribution is -2.45. The molecule has 2 aromatic rings. The molecule has 0 aromatic heterocycles. The normalized spacial score (nSPS) is 12.0. The van der Waals surface area contributed by atoms with Crippen molar-refractivity contribution in [3.05, 3.63) is 71.3 Å². The van der Waals surface area contributed by atoms with Gasteiger partial charge >= 0.3 is 12.1 Å². The van der Waals surface area contributed by atoms with Crippen LogP contribution in [-0.2, 0) is 32.1 Å². The van der Waals surface area contributed by atoms with Crippen LogP contribution in [0.2, 0.25) is 0 Å². The number of rotatable bonds is 10. The van der Waals surface area contributed by atoms with Crippen LogP contribution in [0.5, 0.6) is 0 Å². The summed E-state index contributed by atoms with van der Waals surface area (Å²) in [5.74, 6) is -1.25. The number of carbonyl (C=O) groups is 3. The zero-order valence-corrected chi connectivity index (χ0v) is 17.6. The molecule has 0 unspecified atom stereocenters. The SMILES string of the molecule is COC(=O)[C@@H](Cc1cccc(C#N)c1)NC(=O)C[C@@H](O)CNC(=O)OCc1ccccc1. The minimum absolute atomic E-state index is 0.0804. The molecular weight excluding hydrogens is 414 g/mol. The standard InChI is InChI=1S/C23H25N3O6/c1-31-22(29)20(11-17-8-5-9-18(10-17)13-24)26-21(28)12-19(27)14-25-23(30)32-15-16-6-3-2-4-7-16/h2-10,19-20,27H,11-12,14-15H2,1H3,(H,25,30)(H,26,28)/t19-,20-/m1/s1. The van der Waals surface area contributed by atoms with Crippen LogP contribution < -0.4 is 10.6 Å². The Hall–Kier alpha value is -3.90. The van der Waals surface area contributed by atoms with E-state index in [1.807, 2.05) is 24.3 Å². The Bertz CT molecular complexity index is 958. The van der Waals surface area contributed by atoms with E-state index in [2.05, 4.69) is 10.6 Å². The fraction of sp³-hybridized carbons (Fsp3) is 0.304. The van der Waals surface area contributed by atoms with E-state index in [1.54, 1.807) is 36.4 Å². The summed E-state index contributed by atoms with van der Waals surface area (Å²) < 4.78 is 9.77. The topological polar surface area (TPSA) is 138 Å². The fourth-order valence-corrected chi connectivity index (χ4v) is 2.85. The first-order valence-electron chi connectivity index (χ1n) is 9.90. The summed E-state index contributed by atoms with van der Waals surface area (Å²) in [7, 11) is 1.20. The Morgan fingerprint density at radius 3 is 2.50 bits per heavy atom. The third kappa shape index (κ3) is 8.45. The van der Waals surface area contributed by atoms with Gasteiger partial charge in [-0.3, -0.25) is 4.79 Å². The third-order valence-electron chi connectivity index (χ3n) is 4.43. The molecule has 2 amide bonds. The van der Waals surface area contributed by atoms with Gasteiger partial charge < -0.3 is 25.2 Å². The number of nitrogens with zero attached hydrogens (tertiary/aromatic N) is 1. The number of aliphatic hydroxyl groups excluding tert-OH is 1. The largest absolute Gasteiger partial charge is 0.467 e. The van der Waals surface area contributed by atoms with E-state index in [0.29, 0.717) is 11.1 Å². The first-order valence-corrected chi connectivity index (χ1v) is 9.90. The van der Waals surface area contributed by atoms with E-state index in [1.165, 1.54) is 7.11 Å². The zero-order valence-electron chi connectivity index (χ0n) is 17.6. The minimum Gasteiger partial charge on any atom is -0.467 e. The molecule has 3 N–H and O–H groups in total. The van der Waals surface area contributed by atoms with Gasteiger partial charge in [-0.2, -0.15) is 5.26 Å². The summed E-state index contributed by atoms with van der Waals surface area (Å²) in [5, 5.41) is 23.9. The summed E-state index contributed by atoms with van der Waals surface area (Å²) in [6, 6.07) is 16.8. The summed E-state index contributed by atoms with van der Waals surface area (Å²) in [6.07, 6.45) is -2.13. The Kier molecular flexibility index (Phi) is 9.69. The maximum Gasteiger partial charge on any atom is 0.407 e. The Balaban J connectivity index is 1.80. The smallest absolute Gasteiger partial charge is 0.407 e. The van der Waals surface area contributed by atoms with Gasteiger partial charge in [-0.25, -0.2) is 9.59 Å². The number of benzene rings is 2. The molecule has 0 spiro atoms. The monoisotopic (exact) mass is 439 g/mol. The number of hydrogen-bond donors (Lipinski definition) is 3. The van der Waals surface area contributed by atoms with Gasteiger partial charge in [0.25, 0.3) is 0 Å². The molecule has 2 aromatic carbocycles. The van der Waals surface area contributed by atoms with Crippen LogP contribution in [0.15, 0.2) is 54.6 Å². The second-order valence-corrected chi connectivity index (χ2v) is 6.96. The van der Waals surface area contributed by atoms with Crippen molar-refractivity contribution in [2.45, 2.75) is 31.6 Å². The maximum absolute atomic E-state index is 12.3. The molecule has 0 aliphatic rings. The number of ether oxygens (including phenoxy) is 2. The van der Waals surface area contributed by atoms with Gasteiger partial charge in [0, 0.05) is 13.0 Å². The molecule has 0 radical (unpaired) electrons. The van der Waals surface area contributed by atoms with Crippen LogP contribution in [0.3, 0.4) is 0 Å². The highest BCUT2D eigenvalue weighted by atomic mass is 16.5. The number of methoxy groups -OCH3 is 1. The van der Waals surface area contributed by atoms with E-state index < -0.39 is 30.1 Å². The Labute approximate surface area is 186 Å². The van der Waals surface area contributed by atoms with Crippen LogP contribution in [0.4, 0.5) is 4.79 Å². The van der Waals surface area contributed by atoms with E-state index >= 15 is 0 Å². The summed E-state index contributed by atoms with van der Waals surface area (Å²) in [5.41, 5.74) is 1.91. The van der Waals surface area contributed by atoms with Gasteiger partial charge in [-0.1, -0.05) is 42.5 Å². The average Bonchev–Trinajstić information content (AvgIpc) is 2.81. The molecule has 0 fully saturated rings. The van der Waals surface area contributed by atoms with E-state index in [9.17, 15) is 19.5 Å². The summed E-state index contributed by atoms with van der Waals surface area (Å²) >= 11 is 0. The Morgan fingerprint density at radius 1 is 1.09 bits per heavy atom.